The van der Waals surface area contributed by atoms with E-state index >= 15 is 0 Å². The summed E-state index contributed by atoms with van der Waals surface area (Å²) in [5.41, 5.74) is 6.50. The minimum Gasteiger partial charge on any atom is -0.492 e. The van der Waals surface area contributed by atoms with Crippen LogP contribution < -0.4 is 10.5 Å². The summed E-state index contributed by atoms with van der Waals surface area (Å²) in [6.07, 6.45) is 2.65. The van der Waals surface area contributed by atoms with E-state index in [1.807, 2.05) is 18.2 Å². The number of nitrogens with two attached hydrogens (primary N) is 1. The van der Waals surface area contributed by atoms with Gasteiger partial charge in [0, 0.05) is 24.2 Å². The van der Waals surface area contributed by atoms with Crippen molar-refractivity contribution < 1.29 is 4.74 Å². The van der Waals surface area contributed by atoms with Gasteiger partial charge >= 0.3 is 0 Å². The molecule has 1 aromatic rings. The number of hydrogen-bond acceptors (Lipinski definition) is 3. The molecule has 4 heteroatoms. The standard InChI is InChI=1S/C13H19ClN2O/c1-16(11-3-4-11)6-7-17-12-5-2-10(9-15)13(14)8-12/h2,5,8,11H,3-4,6-7,9,15H2,1H3. The molecule has 0 radical (unpaired) electrons. The minimum absolute atomic E-state index is 0.462. The molecule has 0 amide bonds. The summed E-state index contributed by atoms with van der Waals surface area (Å²) >= 11 is 6.06. The van der Waals surface area contributed by atoms with Gasteiger partial charge in [-0.25, -0.2) is 0 Å². The monoisotopic (exact) mass is 254 g/mol. The lowest BCUT2D eigenvalue weighted by Crippen LogP contribution is -2.26. The van der Waals surface area contributed by atoms with Gasteiger partial charge in [0.15, 0.2) is 0 Å². The van der Waals surface area contributed by atoms with Crippen LogP contribution in [-0.4, -0.2) is 31.1 Å². The molecule has 1 saturated carbocycles. The molecule has 1 aromatic carbocycles. The summed E-state index contributed by atoms with van der Waals surface area (Å²) in [7, 11) is 2.14. The fourth-order valence-electron chi connectivity index (χ4n) is 1.79. The van der Waals surface area contributed by atoms with Crippen molar-refractivity contribution in [3.05, 3.63) is 28.8 Å². The maximum absolute atomic E-state index is 6.06. The van der Waals surface area contributed by atoms with Crippen LogP contribution in [0.25, 0.3) is 0 Å². The van der Waals surface area contributed by atoms with Crippen LogP contribution in [0.3, 0.4) is 0 Å². The number of nitrogens with zero attached hydrogens (tertiary/aromatic N) is 1. The fourth-order valence-corrected chi connectivity index (χ4v) is 2.04. The van der Waals surface area contributed by atoms with E-state index in [1.165, 1.54) is 12.8 Å². The summed E-state index contributed by atoms with van der Waals surface area (Å²) in [4.78, 5) is 2.34. The van der Waals surface area contributed by atoms with Crippen molar-refractivity contribution in [1.82, 2.24) is 4.90 Å². The molecule has 0 aromatic heterocycles. The smallest absolute Gasteiger partial charge is 0.120 e. The Kier molecular flexibility index (Phi) is 4.26. The molecule has 1 aliphatic carbocycles. The topological polar surface area (TPSA) is 38.5 Å². The Morgan fingerprint density at radius 3 is 2.82 bits per heavy atom. The first-order valence-electron chi connectivity index (χ1n) is 6.02. The average Bonchev–Trinajstić information content (AvgIpc) is 3.13. The first-order chi connectivity index (χ1) is 8.20. The van der Waals surface area contributed by atoms with Gasteiger partial charge in [0.2, 0.25) is 0 Å². The van der Waals surface area contributed by atoms with Crippen molar-refractivity contribution in [2.75, 3.05) is 20.2 Å². The molecule has 1 fully saturated rings. The summed E-state index contributed by atoms with van der Waals surface area (Å²) < 4.78 is 5.67. The highest BCUT2D eigenvalue weighted by atomic mass is 35.5. The van der Waals surface area contributed by atoms with E-state index in [2.05, 4.69) is 11.9 Å². The molecular weight excluding hydrogens is 236 g/mol. The van der Waals surface area contributed by atoms with Crippen molar-refractivity contribution in [3.63, 3.8) is 0 Å². The highest BCUT2D eigenvalue weighted by molar-refractivity contribution is 6.31. The molecule has 0 aliphatic heterocycles. The van der Waals surface area contributed by atoms with Crippen LogP contribution in [-0.2, 0) is 6.54 Å². The molecule has 0 unspecified atom stereocenters. The number of ether oxygens (including phenoxy) is 1. The average molecular weight is 255 g/mol. The van der Waals surface area contributed by atoms with Crippen LogP contribution in [0.2, 0.25) is 5.02 Å². The molecule has 0 spiro atoms. The number of hydrogen-bond donors (Lipinski definition) is 1. The van der Waals surface area contributed by atoms with Crippen molar-refractivity contribution in [2.45, 2.75) is 25.4 Å². The van der Waals surface area contributed by atoms with E-state index in [-0.39, 0.29) is 0 Å². The molecule has 0 bridgehead atoms. The zero-order chi connectivity index (χ0) is 12.3. The second-order valence-corrected chi connectivity index (χ2v) is 4.92. The van der Waals surface area contributed by atoms with Gasteiger partial charge in [0.1, 0.15) is 12.4 Å². The summed E-state index contributed by atoms with van der Waals surface area (Å²) in [6.45, 7) is 2.12. The largest absolute Gasteiger partial charge is 0.492 e. The third kappa shape index (κ3) is 3.60. The summed E-state index contributed by atoms with van der Waals surface area (Å²) in [5, 5.41) is 0.681. The van der Waals surface area contributed by atoms with Crippen molar-refractivity contribution in [1.29, 1.82) is 0 Å². The molecule has 17 heavy (non-hydrogen) atoms. The Labute approximate surface area is 107 Å². The second-order valence-electron chi connectivity index (χ2n) is 4.52. The van der Waals surface area contributed by atoms with Crippen LogP contribution in [0, 0.1) is 0 Å². The lowest BCUT2D eigenvalue weighted by Gasteiger charge is -2.16. The molecule has 2 N–H and O–H groups in total. The van der Waals surface area contributed by atoms with Crippen molar-refractivity contribution in [2.24, 2.45) is 5.73 Å². The Bertz CT molecular complexity index is 380. The van der Waals surface area contributed by atoms with Crippen LogP contribution in [0.15, 0.2) is 18.2 Å². The van der Waals surface area contributed by atoms with E-state index in [0.29, 0.717) is 18.2 Å². The molecule has 0 heterocycles. The summed E-state index contributed by atoms with van der Waals surface area (Å²) in [5.74, 6) is 0.816. The van der Waals surface area contributed by atoms with Gasteiger partial charge < -0.3 is 15.4 Å². The predicted octanol–water partition coefficient (Wildman–Crippen LogP) is 2.27. The molecule has 0 saturated heterocycles. The van der Waals surface area contributed by atoms with Gasteiger partial charge in [-0.1, -0.05) is 17.7 Å². The lowest BCUT2D eigenvalue weighted by atomic mass is 10.2. The summed E-state index contributed by atoms with van der Waals surface area (Å²) in [6, 6.07) is 6.45. The zero-order valence-electron chi connectivity index (χ0n) is 10.2. The molecule has 2 rings (SSSR count). The normalized spacial score (nSPS) is 15.3. The van der Waals surface area contributed by atoms with E-state index in [4.69, 9.17) is 22.1 Å². The van der Waals surface area contributed by atoms with Crippen LogP contribution in [0.1, 0.15) is 18.4 Å². The van der Waals surface area contributed by atoms with E-state index < -0.39 is 0 Å². The van der Waals surface area contributed by atoms with Crippen LogP contribution in [0.5, 0.6) is 5.75 Å². The second kappa shape index (κ2) is 5.71. The third-order valence-electron chi connectivity index (χ3n) is 3.13. The number of benzene rings is 1. The van der Waals surface area contributed by atoms with E-state index in [9.17, 15) is 0 Å². The Morgan fingerprint density at radius 1 is 1.47 bits per heavy atom. The van der Waals surface area contributed by atoms with Crippen molar-refractivity contribution in [3.8, 4) is 5.75 Å². The Hall–Kier alpha value is -0.770. The van der Waals surface area contributed by atoms with Gasteiger partial charge in [-0.05, 0) is 37.6 Å². The lowest BCUT2D eigenvalue weighted by molar-refractivity contribution is 0.232. The van der Waals surface area contributed by atoms with Gasteiger partial charge in [0.05, 0.1) is 0 Å². The van der Waals surface area contributed by atoms with E-state index in [0.717, 1.165) is 23.9 Å². The maximum Gasteiger partial charge on any atom is 0.120 e. The maximum atomic E-state index is 6.06. The third-order valence-corrected chi connectivity index (χ3v) is 3.48. The van der Waals surface area contributed by atoms with Crippen LogP contribution >= 0.6 is 11.6 Å². The SMILES string of the molecule is CN(CCOc1ccc(CN)c(Cl)c1)C1CC1. The van der Waals surface area contributed by atoms with Gasteiger partial charge in [0.25, 0.3) is 0 Å². The van der Waals surface area contributed by atoms with Gasteiger partial charge in [-0.15, -0.1) is 0 Å². The number of halogens is 1. The predicted molar refractivity (Wildman–Crippen MR) is 70.5 cm³/mol. The first kappa shape index (κ1) is 12.7. The Morgan fingerprint density at radius 2 is 2.24 bits per heavy atom. The molecule has 94 valence electrons. The number of rotatable bonds is 6. The van der Waals surface area contributed by atoms with Crippen molar-refractivity contribution >= 4 is 11.6 Å². The highest BCUT2D eigenvalue weighted by Crippen LogP contribution is 2.25. The molecule has 3 nitrogen and oxygen atoms in total. The van der Waals surface area contributed by atoms with Gasteiger partial charge in [-0.2, -0.15) is 0 Å². The molecule has 1 aliphatic rings. The minimum atomic E-state index is 0.462. The zero-order valence-corrected chi connectivity index (χ0v) is 10.9. The Balaban J connectivity index is 1.80. The highest BCUT2D eigenvalue weighted by Gasteiger charge is 2.25. The quantitative estimate of drug-likeness (QED) is 0.847. The van der Waals surface area contributed by atoms with Gasteiger partial charge in [-0.3, -0.25) is 0 Å². The molecular formula is C13H19ClN2O. The fraction of sp³-hybridized carbons (Fsp3) is 0.538. The molecule has 0 atom stereocenters. The number of likely N-dealkylation sites (N-methyl/N-ethyl adjacent to an activating group) is 1. The van der Waals surface area contributed by atoms with E-state index in [1.54, 1.807) is 0 Å². The first-order valence-corrected chi connectivity index (χ1v) is 6.40. The van der Waals surface area contributed by atoms with Crippen LogP contribution in [0.4, 0.5) is 0 Å².